The highest BCUT2D eigenvalue weighted by Gasteiger charge is 2.18. The van der Waals surface area contributed by atoms with Crippen LogP contribution in [0.1, 0.15) is 33.3 Å². The Labute approximate surface area is 127 Å². The Morgan fingerprint density at radius 2 is 1.95 bits per heavy atom. The van der Waals surface area contributed by atoms with Crippen LogP contribution in [0.5, 0.6) is 0 Å². The number of allylic oxidation sites excluding steroid dienone is 1. The zero-order valence-electron chi connectivity index (χ0n) is 13.3. The molecule has 116 valence electrons. The van der Waals surface area contributed by atoms with Crippen LogP contribution in [0, 0.1) is 0 Å². The summed E-state index contributed by atoms with van der Waals surface area (Å²) in [5.74, 6) is 0. The highest BCUT2D eigenvalue weighted by atomic mass is 16.6. The molecule has 0 spiro atoms. The summed E-state index contributed by atoms with van der Waals surface area (Å²) in [5.41, 5.74) is 0.601. The fraction of sp³-hybridized carbons (Fsp3) is 0.471. The van der Waals surface area contributed by atoms with E-state index in [0.717, 1.165) is 5.56 Å². The second-order valence-corrected chi connectivity index (χ2v) is 5.78. The summed E-state index contributed by atoms with van der Waals surface area (Å²) in [6.07, 6.45) is 3.33. The molecule has 0 saturated carbocycles. The van der Waals surface area contributed by atoms with Crippen molar-refractivity contribution < 1.29 is 14.3 Å². The van der Waals surface area contributed by atoms with E-state index in [-0.39, 0.29) is 6.04 Å². The first-order valence-corrected chi connectivity index (χ1v) is 7.14. The van der Waals surface area contributed by atoms with E-state index in [4.69, 9.17) is 9.47 Å². The maximum Gasteiger partial charge on any atom is 0.408 e. The van der Waals surface area contributed by atoms with Crippen molar-refractivity contribution in [3.8, 4) is 0 Å². The highest BCUT2D eigenvalue weighted by molar-refractivity contribution is 5.68. The third-order valence-electron chi connectivity index (χ3n) is 2.54. The Bertz CT molecular complexity index is 449. The topological polar surface area (TPSA) is 47.6 Å². The van der Waals surface area contributed by atoms with Crippen LogP contribution in [0.3, 0.4) is 0 Å². The summed E-state index contributed by atoms with van der Waals surface area (Å²) in [7, 11) is 0. The largest absolute Gasteiger partial charge is 0.444 e. The number of ether oxygens (including phenoxy) is 2. The third-order valence-corrected chi connectivity index (χ3v) is 2.54. The molecule has 0 aliphatic carbocycles. The molecule has 0 aliphatic heterocycles. The van der Waals surface area contributed by atoms with Gasteiger partial charge in [-0.3, -0.25) is 0 Å². The molecule has 1 N–H and O–H groups in total. The Hall–Kier alpha value is -1.81. The maximum atomic E-state index is 11.8. The van der Waals surface area contributed by atoms with Crippen molar-refractivity contribution in [3.63, 3.8) is 0 Å². The van der Waals surface area contributed by atoms with Gasteiger partial charge in [0, 0.05) is 0 Å². The van der Waals surface area contributed by atoms with Crippen molar-refractivity contribution in [2.75, 3.05) is 6.61 Å². The lowest BCUT2D eigenvalue weighted by Crippen LogP contribution is -2.40. The lowest BCUT2D eigenvalue weighted by atomic mass is 10.2. The number of alkyl carbamates (subject to hydrolysis) is 1. The predicted molar refractivity (Wildman–Crippen MR) is 84.1 cm³/mol. The van der Waals surface area contributed by atoms with Crippen molar-refractivity contribution in [3.05, 3.63) is 48.0 Å². The van der Waals surface area contributed by atoms with E-state index < -0.39 is 11.7 Å². The van der Waals surface area contributed by atoms with Gasteiger partial charge in [-0.05, 0) is 33.3 Å². The zero-order valence-corrected chi connectivity index (χ0v) is 13.3. The van der Waals surface area contributed by atoms with Gasteiger partial charge in [0.05, 0.1) is 19.3 Å². The van der Waals surface area contributed by atoms with Gasteiger partial charge in [0.15, 0.2) is 0 Å². The van der Waals surface area contributed by atoms with Gasteiger partial charge in [-0.1, -0.05) is 42.5 Å². The average Bonchev–Trinajstić information content (AvgIpc) is 2.38. The lowest BCUT2D eigenvalue weighted by molar-refractivity contribution is 0.0459. The van der Waals surface area contributed by atoms with Gasteiger partial charge in [0.25, 0.3) is 0 Å². The first-order valence-electron chi connectivity index (χ1n) is 7.14. The standard InChI is InChI=1S/C17H25NO3/c1-5-9-15(18-16(19)21-17(2,3)4)13-20-12-14-10-7-6-8-11-14/h5-11,15H,12-13H2,1-4H3,(H,18,19)/b9-5+. The van der Waals surface area contributed by atoms with Crippen LogP contribution in [-0.4, -0.2) is 24.3 Å². The minimum atomic E-state index is -0.505. The molecule has 1 rings (SSSR count). The maximum absolute atomic E-state index is 11.8. The zero-order chi connectivity index (χ0) is 15.7. The molecular weight excluding hydrogens is 266 g/mol. The molecule has 0 aromatic heterocycles. The number of hydrogen-bond donors (Lipinski definition) is 1. The Morgan fingerprint density at radius 1 is 1.29 bits per heavy atom. The second-order valence-electron chi connectivity index (χ2n) is 5.78. The molecule has 0 heterocycles. The number of nitrogens with one attached hydrogen (secondary N) is 1. The molecule has 1 unspecified atom stereocenters. The third kappa shape index (κ3) is 8.15. The van der Waals surface area contributed by atoms with Gasteiger partial charge in [0.2, 0.25) is 0 Å². The summed E-state index contributed by atoms with van der Waals surface area (Å²) >= 11 is 0. The van der Waals surface area contributed by atoms with Crippen LogP contribution in [0.2, 0.25) is 0 Å². The first-order chi connectivity index (χ1) is 9.90. The van der Waals surface area contributed by atoms with E-state index in [1.807, 2.05) is 70.2 Å². The smallest absolute Gasteiger partial charge is 0.408 e. The van der Waals surface area contributed by atoms with Crippen molar-refractivity contribution in [2.45, 2.75) is 45.9 Å². The molecular formula is C17H25NO3. The van der Waals surface area contributed by atoms with E-state index in [1.165, 1.54) is 0 Å². The van der Waals surface area contributed by atoms with E-state index in [2.05, 4.69) is 5.32 Å². The van der Waals surface area contributed by atoms with Gasteiger partial charge in [-0.15, -0.1) is 0 Å². The molecule has 0 saturated heterocycles. The van der Waals surface area contributed by atoms with Gasteiger partial charge >= 0.3 is 6.09 Å². The van der Waals surface area contributed by atoms with Crippen molar-refractivity contribution in [2.24, 2.45) is 0 Å². The van der Waals surface area contributed by atoms with Crippen LogP contribution in [-0.2, 0) is 16.1 Å². The number of benzene rings is 1. The van der Waals surface area contributed by atoms with Gasteiger partial charge in [0.1, 0.15) is 5.60 Å². The number of hydrogen-bond acceptors (Lipinski definition) is 3. The summed E-state index contributed by atoms with van der Waals surface area (Å²) in [4.78, 5) is 11.8. The normalized spacial score (nSPS) is 13.1. The van der Waals surface area contributed by atoms with Crippen LogP contribution in [0.4, 0.5) is 4.79 Å². The Kier molecular flexibility index (Phi) is 6.96. The molecule has 21 heavy (non-hydrogen) atoms. The number of carbonyl (C=O) groups excluding carboxylic acids is 1. The minimum Gasteiger partial charge on any atom is -0.444 e. The van der Waals surface area contributed by atoms with Crippen LogP contribution in [0.15, 0.2) is 42.5 Å². The van der Waals surface area contributed by atoms with Crippen molar-refractivity contribution >= 4 is 6.09 Å². The van der Waals surface area contributed by atoms with Crippen LogP contribution >= 0.6 is 0 Å². The van der Waals surface area contributed by atoms with Crippen LogP contribution < -0.4 is 5.32 Å². The number of amides is 1. The summed E-state index contributed by atoms with van der Waals surface area (Å²) in [6, 6.07) is 9.73. The molecule has 1 atom stereocenters. The van der Waals surface area contributed by atoms with Crippen molar-refractivity contribution in [1.29, 1.82) is 0 Å². The molecule has 0 aliphatic rings. The fourth-order valence-electron chi connectivity index (χ4n) is 1.71. The molecule has 0 radical (unpaired) electrons. The quantitative estimate of drug-likeness (QED) is 0.813. The average molecular weight is 291 g/mol. The van der Waals surface area contributed by atoms with Crippen LogP contribution in [0.25, 0.3) is 0 Å². The van der Waals surface area contributed by atoms with E-state index >= 15 is 0 Å². The minimum absolute atomic E-state index is 0.200. The molecule has 1 aromatic rings. The summed E-state index contributed by atoms with van der Waals surface area (Å²) in [6.45, 7) is 8.33. The Morgan fingerprint density at radius 3 is 2.52 bits per heavy atom. The summed E-state index contributed by atoms with van der Waals surface area (Å²) in [5, 5.41) is 2.79. The SMILES string of the molecule is C/C=C/C(COCc1ccccc1)NC(=O)OC(C)(C)C. The predicted octanol–water partition coefficient (Wildman–Crippen LogP) is 3.67. The van der Waals surface area contributed by atoms with Gasteiger partial charge < -0.3 is 14.8 Å². The van der Waals surface area contributed by atoms with Gasteiger partial charge in [-0.2, -0.15) is 0 Å². The monoisotopic (exact) mass is 291 g/mol. The van der Waals surface area contributed by atoms with Gasteiger partial charge in [-0.25, -0.2) is 4.79 Å². The molecule has 4 nitrogen and oxygen atoms in total. The molecule has 1 amide bonds. The molecule has 1 aromatic carbocycles. The summed E-state index contributed by atoms with van der Waals surface area (Å²) < 4.78 is 10.9. The van der Waals surface area contributed by atoms with E-state index in [0.29, 0.717) is 13.2 Å². The highest BCUT2D eigenvalue weighted by Crippen LogP contribution is 2.07. The Balaban J connectivity index is 2.41. The number of rotatable bonds is 6. The fourth-order valence-corrected chi connectivity index (χ4v) is 1.71. The van der Waals surface area contributed by atoms with Crippen molar-refractivity contribution in [1.82, 2.24) is 5.32 Å². The second kappa shape index (κ2) is 8.47. The van der Waals surface area contributed by atoms with E-state index in [1.54, 1.807) is 0 Å². The first kappa shape index (κ1) is 17.2. The lowest BCUT2D eigenvalue weighted by Gasteiger charge is -2.22. The number of carbonyl (C=O) groups is 1. The molecule has 4 heteroatoms. The molecule has 0 bridgehead atoms. The van der Waals surface area contributed by atoms with E-state index in [9.17, 15) is 4.79 Å². The molecule has 0 fully saturated rings.